The molecule has 1 aromatic heterocycles. The Kier molecular flexibility index (Phi) is 33.3. The van der Waals surface area contributed by atoms with Crippen molar-refractivity contribution in [3.63, 3.8) is 0 Å². The van der Waals surface area contributed by atoms with E-state index in [2.05, 4.69) is 108 Å². The van der Waals surface area contributed by atoms with E-state index in [1.165, 1.54) is 0 Å². The zero-order chi connectivity index (χ0) is 45.5. The second-order valence-electron chi connectivity index (χ2n) is 13.6. The summed E-state index contributed by atoms with van der Waals surface area (Å²) in [6, 6.07) is 6.90. The van der Waals surface area contributed by atoms with Gasteiger partial charge in [-0.25, -0.2) is 4.79 Å². The molecule has 0 aliphatic carbocycles. The molecule has 0 saturated heterocycles. The van der Waals surface area contributed by atoms with Crippen LogP contribution in [0.3, 0.4) is 0 Å². The molecule has 0 radical (unpaired) electrons. The number of ether oxygens (including phenoxy) is 2. The van der Waals surface area contributed by atoms with E-state index >= 15 is 0 Å². The van der Waals surface area contributed by atoms with Gasteiger partial charge in [0.15, 0.2) is 0 Å². The molecule has 0 fully saturated rings. The van der Waals surface area contributed by atoms with Crippen molar-refractivity contribution in [1.29, 1.82) is 0 Å². The summed E-state index contributed by atoms with van der Waals surface area (Å²) in [7, 11) is 0. The van der Waals surface area contributed by atoms with E-state index in [1.54, 1.807) is 11.0 Å². The second-order valence-corrected chi connectivity index (χ2v) is 13.6. The number of benzene rings is 1. The molecular weight excluding hydrogens is 763 g/mol. The van der Waals surface area contributed by atoms with Gasteiger partial charge in [0, 0.05) is 25.0 Å². The third-order valence-electron chi connectivity index (χ3n) is 8.69. The minimum Gasteiger partial charge on any atom is -0.431 e. The summed E-state index contributed by atoms with van der Waals surface area (Å²) in [5.41, 5.74) is 3.39. The lowest BCUT2D eigenvalue weighted by atomic mass is 9.95. The molecule has 10 nitrogen and oxygen atoms in total. The minimum absolute atomic E-state index is 0.139. The summed E-state index contributed by atoms with van der Waals surface area (Å²) in [6.45, 7) is 17.9. The molecule has 0 aliphatic heterocycles. The first-order chi connectivity index (χ1) is 29.8. The monoisotopic (exact) mass is 834 g/mol. The van der Waals surface area contributed by atoms with Crippen LogP contribution in [-0.4, -0.2) is 49.4 Å². The van der Waals surface area contributed by atoms with Crippen molar-refractivity contribution in [2.45, 2.75) is 132 Å². The van der Waals surface area contributed by atoms with Crippen molar-refractivity contribution in [2.24, 2.45) is 5.92 Å². The number of nitrogens with zero attached hydrogens (tertiary/aromatic N) is 4. The fraction of sp³-hybridized carbons (Fsp3) is 0.412. The Morgan fingerprint density at radius 1 is 0.803 bits per heavy atom. The fourth-order valence-electron chi connectivity index (χ4n) is 5.76. The molecule has 0 aliphatic rings. The van der Waals surface area contributed by atoms with Crippen LogP contribution in [0, 0.1) is 18.8 Å². The van der Waals surface area contributed by atoms with Crippen LogP contribution in [0.2, 0.25) is 0 Å². The molecule has 1 heterocycles. The number of nitrogens with one attached hydrogen (secondary N) is 1. The van der Waals surface area contributed by atoms with Crippen LogP contribution in [0.25, 0.3) is 11.1 Å². The van der Waals surface area contributed by atoms with E-state index in [1.807, 2.05) is 78.0 Å². The predicted octanol–water partition coefficient (Wildman–Crippen LogP) is 12.2. The van der Waals surface area contributed by atoms with Crippen LogP contribution in [0.15, 0.2) is 122 Å². The average Bonchev–Trinajstić information content (AvgIpc) is 3.81. The Morgan fingerprint density at radius 2 is 1.38 bits per heavy atom. The van der Waals surface area contributed by atoms with Crippen LogP contribution >= 0.6 is 0 Å². The summed E-state index contributed by atoms with van der Waals surface area (Å²) >= 11 is 0. The van der Waals surface area contributed by atoms with Crippen molar-refractivity contribution in [2.75, 3.05) is 0 Å². The summed E-state index contributed by atoms with van der Waals surface area (Å²) in [5, 5.41) is 14.4. The molecule has 2 rings (SSSR count). The number of amides is 1. The van der Waals surface area contributed by atoms with E-state index in [4.69, 9.17) is 9.47 Å². The average molecular weight is 834 g/mol. The summed E-state index contributed by atoms with van der Waals surface area (Å²) in [6.07, 6.45) is 45.4. The maximum Gasteiger partial charge on any atom is 0.334 e. The number of aromatic amines is 1. The van der Waals surface area contributed by atoms with Crippen LogP contribution in [0.1, 0.15) is 136 Å². The van der Waals surface area contributed by atoms with Gasteiger partial charge in [-0.3, -0.25) is 9.59 Å². The highest BCUT2D eigenvalue weighted by atomic mass is 16.6. The van der Waals surface area contributed by atoms with E-state index < -0.39 is 18.0 Å². The number of carbonyl (C=O) groups is 3. The second kappa shape index (κ2) is 37.0. The first-order valence-electron chi connectivity index (χ1n) is 21.5. The summed E-state index contributed by atoms with van der Waals surface area (Å²) in [5.74, 6) is -0.948. The van der Waals surface area contributed by atoms with Gasteiger partial charge in [-0.05, 0) is 86.1 Å². The highest BCUT2D eigenvalue weighted by Gasteiger charge is 2.33. The highest BCUT2D eigenvalue weighted by Crippen LogP contribution is 2.30. The Balaban J connectivity index is 0.00000872. The maximum atomic E-state index is 13.6. The molecule has 0 bridgehead atoms. The SMILES string of the molecule is C#C.C=C/C=C(\C(=C/C)c1nn[nH]n1)c1ccc(CN(C(=O)CCCC)C(C(=O)O/C=C/OC(=O)CCC/C=C\C/C=C\C/C=C\C/C=C\C/C=C\CC)C(C)C)cc1.CC. The standard InChI is InChI=1S/C47H63N5O5.C2H6.C2H2/c1-7-11-13-14-15-16-17-18-19-20-21-22-23-24-25-26-27-30-44(54)56-35-36-57-47(55)45(38(5)6)52(43(53)29-12-8-2)37-39-31-33-40(34-32-39)42(28-9-3)41(10-4)46-48-50-51-49-46;2*1-2/h9-11,13,15-16,18-19,21-22,24-25,28,31-36,38,45H,3,7-8,12,14,17,20,23,26-27,29-30,37H2,1-2,4-6H3,(H,48,49,50,51);1-2H3;1-2H/b13-11-,16-15-,19-18-,22-21-,25-24-,36-35+,41-10+,42-28-;;. The number of H-pyrrole nitrogens is 1. The lowest BCUT2D eigenvalue weighted by Gasteiger charge is -2.32. The van der Waals surface area contributed by atoms with Gasteiger partial charge in [-0.15, -0.1) is 23.0 Å². The Bertz CT molecular complexity index is 1770. The van der Waals surface area contributed by atoms with E-state index in [0.717, 1.165) is 79.7 Å². The number of allylic oxidation sites excluding steroid dienone is 15. The first kappa shape index (κ1) is 54.9. The van der Waals surface area contributed by atoms with Crippen LogP contribution in [0.4, 0.5) is 0 Å². The van der Waals surface area contributed by atoms with Gasteiger partial charge in [0.2, 0.25) is 11.7 Å². The summed E-state index contributed by atoms with van der Waals surface area (Å²) in [4.78, 5) is 40.9. The number of carbonyl (C=O) groups excluding carboxylic acids is 3. The molecule has 0 saturated carbocycles. The van der Waals surface area contributed by atoms with Crippen LogP contribution in [0.5, 0.6) is 0 Å². The van der Waals surface area contributed by atoms with Gasteiger partial charge in [0.1, 0.15) is 18.6 Å². The van der Waals surface area contributed by atoms with Crippen molar-refractivity contribution in [3.8, 4) is 12.8 Å². The van der Waals surface area contributed by atoms with Crippen LogP contribution in [-0.2, 0) is 30.4 Å². The highest BCUT2D eigenvalue weighted by molar-refractivity contribution is 6.03. The van der Waals surface area contributed by atoms with E-state index in [9.17, 15) is 14.4 Å². The van der Waals surface area contributed by atoms with E-state index in [-0.39, 0.29) is 24.8 Å². The molecule has 1 atom stereocenters. The number of esters is 2. The maximum absolute atomic E-state index is 13.6. The lowest BCUT2D eigenvalue weighted by molar-refractivity contribution is -0.154. The van der Waals surface area contributed by atoms with Crippen molar-refractivity contribution in [3.05, 3.63) is 139 Å². The van der Waals surface area contributed by atoms with Crippen molar-refractivity contribution >= 4 is 29.0 Å². The van der Waals surface area contributed by atoms with E-state index in [0.29, 0.717) is 25.1 Å². The van der Waals surface area contributed by atoms with Gasteiger partial charge < -0.3 is 14.4 Å². The molecule has 1 unspecified atom stereocenters. The first-order valence-corrected chi connectivity index (χ1v) is 21.5. The van der Waals surface area contributed by atoms with Crippen LogP contribution < -0.4 is 0 Å². The quantitative estimate of drug-likeness (QED) is 0.0235. The Hall–Kier alpha value is -6.08. The number of unbranched alkanes of at least 4 members (excludes halogenated alkanes) is 2. The molecule has 1 N–H and O–H groups in total. The molecule has 0 spiro atoms. The summed E-state index contributed by atoms with van der Waals surface area (Å²) < 4.78 is 10.6. The molecule has 1 amide bonds. The number of hydrogen-bond donors (Lipinski definition) is 1. The van der Waals surface area contributed by atoms with Crippen molar-refractivity contribution < 1.29 is 23.9 Å². The molecule has 10 heteroatoms. The van der Waals surface area contributed by atoms with Gasteiger partial charge in [-0.1, -0.05) is 158 Å². The zero-order valence-corrected chi connectivity index (χ0v) is 37.8. The molecular formula is C51H71N5O5. The van der Waals surface area contributed by atoms with Gasteiger partial charge in [0.05, 0.1) is 0 Å². The number of aromatic nitrogens is 4. The molecule has 2 aromatic rings. The molecule has 330 valence electrons. The predicted molar refractivity (Wildman–Crippen MR) is 252 cm³/mol. The Morgan fingerprint density at radius 3 is 1.89 bits per heavy atom. The topological polar surface area (TPSA) is 127 Å². The van der Waals surface area contributed by atoms with Gasteiger partial charge in [0.25, 0.3) is 0 Å². The lowest BCUT2D eigenvalue weighted by Crippen LogP contribution is -2.48. The third kappa shape index (κ3) is 23.9. The van der Waals surface area contributed by atoms with Gasteiger partial charge in [-0.2, -0.15) is 5.21 Å². The number of terminal acetylenes is 1. The molecule has 61 heavy (non-hydrogen) atoms. The molecule has 1 aromatic carbocycles. The van der Waals surface area contributed by atoms with Crippen molar-refractivity contribution in [1.82, 2.24) is 25.5 Å². The zero-order valence-electron chi connectivity index (χ0n) is 37.8. The smallest absolute Gasteiger partial charge is 0.334 e. The number of tetrazole rings is 1. The largest absolute Gasteiger partial charge is 0.431 e. The number of rotatable bonds is 27. The third-order valence-corrected chi connectivity index (χ3v) is 8.69. The number of hydrogen-bond acceptors (Lipinski definition) is 8. The fourth-order valence-corrected chi connectivity index (χ4v) is 5.76. The Labute approximate surface area is 367 Å². The normalized spacial score (nSPS) is 12.6. The minimum atomic E-state index is -0.859. The van der Waals surface area contributed by atoms with Gasteiger partial charge >= 0.3 is 11.9 Å².